The van der Waals surface area contributed by atoms with Crippen molar-refractivity contribution in [3.8, 4) is 0 Å². The van der Waals surface area contributed by atoms with E-state index in [4.69, 9.17) is 5.73 Å². The fourth-order valence-electron chi connectivity index (χ4n) is 2.52. The predicted molar refractivity (Wildman–Crippen MR) is 78.0 cm³/mol. The Balaban J connectivity index is 1.72. The molecule has 1 aromatic rings. The van der Waals surface area contributed by atoms with Crippen LogP contribution in [0.4, 0.5) is 5.69 Å². The lowest BCUT2D eigenvalue weighted by Gasteiger charge is -2.35. The minimum atomic E-state index is 0.0370. The van der Waals surface area contributed by atoms with Crippen LogP contribution in [-0.4, -0.2) is 37.0 Å². The molecule has 104 valence electrons. The molecule has 1 aliphatic carbocycles. The van der Waals surface area contributed by atoms with Gasteiger partial charge >= 0.3 is 0 Å². The number of nitrogens with two attached hydrogens (primary N) is 1. The second-order valence-corrected chi connectivity index (χ2v) is 5.71. The van der Waals surface area contributed by atoms with Crippen LogP contribution in [0.5, 0.6) is 0 Å². The van der Waals surface area contributed by atoms with Crippen molar-refractivity contribution >= 4 is 11.6 Å². The SMILES string of the molecule is Cc1ccc(NC(=O)CN(C)CC2CC(N)C2)cc1. The molecule has 0 heterocycles. The summed E-state index contributed by atoms with van der Waals surface area (Å²) in [6, 6.07) is 8.22. The van der Waals surface area contributed by atoms with Gasteiger partial charge in [0.05, 0.1) is 6.54 Å². The molecule has 0 aliphatic heterocycles. The lowest BCUT2D eigenvalue weighted by molar-refractivity contribution is -0.117. The van der Waals surface area contributed by atoms with Crippen LogP contribution in [-0.2, 0) is 4.79 Å². The number of benzene rings is 1. The maximum Gasteiger partial charge on any atom is 0.238 e. The third-order valence-electron chi connectivity index (χ3n) is 3.59. The van der Waals surface area contributed by atoms with Crippen LogP contribution in [0.15, 0.2) is 24.3 Å². The Labute approximate surface area is 115 Å². The van der Waals surface area contributed by atoms with Crippen LogP contribution >= 0.6 is 0 Å². The molecule has 1 amide bonds. The molecule has 0 saturated heterocycles. The Morgan fingerprint density at radius 1 is 1.37 bits per heavy atom. The van der Waals surface area contributed by atoms with Crippen molar-refractivity contribution in [2.75, 3.05) is 25.5 Å². The molecule has 3 N–H and O–H groups in total. The zero-order valence-corrected chi connectivity index (χ0v) is 11.7. The molecule has 4 nitrogen and oxygen atoms in total. The van der Waals surface area contributed by atoms with Gasteiger partial charge in [-0.2, -0.15) is 0 Å². The predicted octanol–water partition coefficient (Wildman–Crippen LogP) is 1.60. The minimum absolute atomic E-state index is 0.0370. The maximum atomic E-state index is 11.9. The molecular weight excluding hydrogens is 238 g/mol. The van der Waals surface area contributed by atoms with Crippen LogP contribution in [0.1, 0.15) is 18.4 Å². The van der Waals surface area contributed by atoms with Crippen molar-refractivity contribution in [3.05, 3.63) is 29.8 Å². The van der Waals surface area contributed by atoms with Gasteiger partial charge in [0.15, 0.2) is 0 Å². The average Bonchev–Trinajstić information content (AvgIpc) is 2.30. The molecule has 19 heavy (non-hydrogen) atoms. The van der Waals surface area contributed by atoms with E-state index in [2.05, 4.69) is 10.2 Å². The van der Waals surface area contributed by atoms with E-state index < -0.39 is 0 Å². The first-order valence-corrected chi connectivity index (χ1v) is 6.83. The summed E-state index contributed by atoms with van der Waals surface area (Å²) in [5.41, 5.74) is 7.81. The fraction of sp³-hybridized carbons (Fsp3) is 0.533. The number of aryl methyl sites for hydroxylation is 1. The van der Waals surface area contributed by atoms with E-state index >= 15 is 0 Å². The number of carbonyl (C=O) groups excluding carboxylic acids is 1. The number of hydrogen-bond donors (Lipinski definition) is 2. The van der Waals surface area contributed by atoms with Crippen molar-refractivity contribution in [2.24, 2.45) is 11.7 Å². The molecule has 1 aliphatic rings. The van der Waals surface area contributed by atoms with Gasteiger partial charge in [-0.05, 0) is 44.9 Å². The smallest absolute Gasteiger partial charge is 0.238 e. The van der Waals surface area contributed by atoms with Crippen molar-refractivity contribution in [2.45, 2.75) is 25.8 Å². The summed E-state index contributed by atoms with van der Waals surface area (Å²) < 4.78 is 0. The normalized spacial score (nSPS) is 22.1. The highest BCUT2D eigenvalue weighted by atomic mass is 16.2. The van der Waals surface area contributed by atoms with E-state index in [1.54, 1.807) is 0 Å². The number of likely N-dealkylation sites (N-methyl/N-ethyl adjacent to an activating group) is 1. The van der Waals surface area contributed by atoms with Gasteiger partial charge in [0.25, 0.3) is 0 Å². The number of carbonyl (C=O) groups is 1. The van der Waals surface area contributed by atoms with Gasteiger partial charge in [-0.25, -0.2) is 0 Å². The topological polar surface area (TPSA) is 58.4 Å². The van der Waals surface area contributed by atoms with E-state index in [1.165, 1.54) is 5.56 Å². The van der Waals surface area contributed by atoms with Gasteiger partial charge in [-0.1, -0.05) is 17.7 Å². The molecule has 0 unspecified atom stereocenters. The third-order valence-corrected chi connectivity index (χ3v) is 3.59. The standard InChI is InChI=1S/C15H23N3O/c1-11-3-5-14(6-4-11)17-15(19)10-18(2)9-12-7-13(16)8-12/h3-6,12-13H,7-10,16H2,1-2H3,(H,17,19). The van der Waals surface area contributed by atoms with Gasteiger partial charge in [-0.15, -0.1) is 0 Å². The molecule has 0 aromatic heterocycles. The van der Waals surface area contributed by atoms with Crippen molar-refractivity contribution < 1.29 is 4.79 Å². The van der Waals surface area contributed by atoms with E-state index in [1.807, 2.05) is 38.2 Å². The molecule has 1 aromatic carbocycles. The summed E-state index contributed by atoms with van der Waals surface area (Å²) in [5.74, 6) is 0.696. The van der Waals surface area contributed by atoms with Crippen LogP contribution in [0, 0.1) is 12.8 Å². The third kappa shape index (κ3) is 4.33. The number of hydrogen-bond acceptors (Lipinski definition) is 3. The number of nitrogens with zero attached hydrogens (tertiary/aromatic N) is 1. The quantitative estimate of drug-likeness (QED) is 0.846. The average molecular weight is 261 g/mol. The Bertz CT molecular complexity index is 424. The van der Waals surface area contributed by atoms with Crippen LogP contribution in [0.25, 0.3) is 0 Å². The molecule has 1 saturated carbocycles. The van der Waals surface area contributed by atoms with Crippen LogP contribution < -0.4 is 11.1 Å². The fourth-order valence-corrected chi connectivity index (χ4v) is 2.52. The van der Waals surface area contributed by atoms with Crippen molar-refractivity contribution in [1.29, 1.82) is 0 Å². The molecule has 1 fully saturated rings. The molecule has 2 rings (SSSR count). The summed E-state index contributed by atoms with van der Waals surface area (Å²) in [5, 5.41) is 2.91. The second-order valence-electron chi connectivity index (χ2n) is 5.71. The highest BCUT2D eigenvalue weighted by molar-refractivity contribution is 5.92. The van der Waals surface area contributed by atoms with Gasteiger partial charge in [0.1, 0.15) is 0 Å². The largest absolute Gasteiger partial charge is 0.328 e. The Hall–Kier alpha value is -1.39. The van der Waals surface area contributed by atoms with Crippen LogP contribution in [0.3, 0.4) is 0 Å². The monoisotopic (exact) mass is 261 g/mol. The minimum Gasteiger partial charge on any atom is -0.328 e. The van der Waals surface area contributed by atoms with E-state index in [9.17, 15) is 4.79 Å². The van der Waals surface area contributed by atoms with E-state index in [0.29, 0.717) is 18.5 Å². The van der Waals surface area contributed by atoms with Crippen molar-refractivity contribution in [3.63, 3.8) is 0 Å². The zero-order chi connectivity index (χ0) is 13.8. The molecule has 0 radical (unpaired) electrons. The number of nitrogens with one attached hydrogen (secondary N) is 1. The Kier molecular flexibility index (Phi) is 4.56. The summed E-state index contributed by atoms with van der Waals surface area (Å²) in [6.07, 6.45) is 2.17. The van der Waals surface area contributed by atoms with Gasteiger partial charge in [-0.3, -0.25) is 9.69 Å². The number of amides is 1. The Morgan fingerprint density at radius 3 is 2.58 bits per heavy atom. The van der Waals surface area contributed by atoms with Crippen molar-refractivity contribution in [1.82, 2.24) is 4.90 Å². The molecule has 0 bridgehead atoms. The maximum absolute atomic E-state index is 11.9. The second kappa shape index (κ2) is 6.17. The Morgan fingerprint density at radius 2 is 2.00 bits per heavy atom. The molecule has 0 spiro atoms. The molecule has 0 atom stereocenters. The van der Waals surface area contributed by atoms with Gasteiger partial charge < -0.3 is 11.1 Å². The lowest BCUT2D eigenvalue weighted by atomic mass is 9.81. The number of rotatable bonds is 5. The summed E-state index contributed by atoms with van der Waals surface area (Å²) in [4.78, 5) is 14.0. The highest BCUT2D eigenvalue weighted by Gasteiger charge is 2.26. The first-order chi connectivity index (χ1) is 9.02. The van der Waals surface area contributed by atoms with Gasteiger partial charge in [0, 0.05) is 18.3 Å². The first-order valence-electron chi connectivity index (χ1n) is 6.83. The molecular formula is C15H23N3O. The van der Waals surface area contributed by atoms with E-state index in [-0.39, 0.29) is 5.91 Å². The summed E-state index contributed by atoms with van der Waals surface area (Å²) in [6.45, 7) is 3.41. The van der Waals surface area contributed by atoms with E-state index in [0.717, 1.165) is 25.1 Å². The first kappa shape index (κ1) is 14.0. The summed E-state index contributed by atoms with van der Waals surface area (Å²) in [7, 11) is 1.98. The number of anilines is 1. The molecule has 4 heteroatoms. The highest BCUT2D eigenvalue weighted by Crippen LogP contribution is 2.25. The zero-order valence-electron chi connectivity index (χ0n) is 11.7. The van der Waals surface area contributed by atoms with Gasteiger partial charge in [0.2, 0.25) is 5.91 Å². The summed E-state index contributed by atoms with van der Waals surface area (Å²) >= 11 is 0. The lowest BCUT2D eigenvalue weighted by Crippen LogP contribution is -2.43. The van der Waals surface area contributed by atoms with Crippen LogP contribution in [0.2, 0.25) is 0 Å².